The van der Waals surface area contributed by atoms with Gasteiger partial charge in [-0.2, -0.15) is 0 Å². The average Bonchev–Trinajstić information content (AvgIpc) is 2.19. The van der Waals surface area contributed by atoms with E-state index in [1.807, 2.05) is 0 Å². The third-order valence-electron chi connectivity index (χ3n) is 2.24. The van der Waals surface area contributed by atoms with Crippen molar-refractivity contribution in [1.82, 2.24) is 5.32 Å². The standard InChI is InChI=1S/C11H15BrFNO2/c1-6(15)5-14-7(2)9-3-8(12)4-10(13)11(9)16/h3-4,6-7,14-16H,5H2,1-2H3. The van der Waals surface area contributed by atoms with Crippen LogP contribution in [0.4, 0.5) is 4.39 Å². The van der Waals surface area contributed by atoms with E-state index in [0.717, 1.165) is 0 Å². The van der Waals surface area contributed by atoms with Crippen LogP contribution >= 0.6 is 15.9 Å². The molecule has 0 aromatic heterocycles. The van der Waals surface area contributed by atoms with Crippen LogP contribution in [0.25, 0.3) is 0 Å². The summed E-state index contributed by atoms with van der Waals surface area (Å²) in [6, 6.07) is 2.62. The zero-order chi connectivity index (χ0) is 12.3. The first-order valence-electron chi connectivity index (χ1n) is 5.01. The lowest BCUT2D eigenvalue weighted by Gasteiger charge is -2.17. The molecule has 0 amide bonds. The predicted octanol–water partition coefficient (Wildman–Crippen LogP) is 2.33. The molecule has 0 spiro atoms. The van der Waals surface area contributed by atoms with Crippen LogP contribution in [-0.4, -0.2) is 22.9 Å². The highest BCUT2D eigenvalue weighted by atomic mass is 79.9. The Morgan fingerprint density at radius 1 is 1.44 bits per heavy atom. The molecule has 1 aromatic carbocycles. The number of nitrogens with one attached hydrogen (secondary N) is 1. The maximum Gasteiger partial charge on any atom is 0.166 e. The van der Waals surface area contributed by atoms with Gasteiger partial charge in [0, 0.05) is 22.6 Å². The summed E-state index contributed by atoms with van der Waals surface area (Å²) in [4.78, 5) is 0. The minimum Gasteiger partial charge on any atom is -0.505 e. The summed E-state index contributed by atoms with van der Waals surface area (Å²) in [5, 5.41) is 21.7. The summed E-state index contributed by atoms with van der Waals surface area (Å²) in [6.45, 7) is 3.83. The van der Waals surface area contributed by atoms with E-state index in [4.69, 9.17) is 5.11 Å². The smallest absolute Gasteiger partial charge is 0.166 e. The van der Waals surface area contributed by atoms with Gasteiger partial charge in [-0.3, -0.25) is 0 Å². The van der Waals surface area contributed by atoms with Crippen LogP contribution in [0, 0.1) is 5.82 Å². The lowest BCUT2D eigenvalue weighted by atomic mass is 10.1. The van der Waals surface area contributed by atoms with Gasteiger partial charge in [-0.15, -0.1) is 0 Å². The number of benzene rings is 1. The molecule has 2 atom stereocenters. The first-order valence-corrected chi connectivity index (χ1v) is 5.80. The first-order chi connectivity index (χ1) is 7.41. The van der Waals surface area contributed by atoms with E-state index in [2.05, 4.69) is 21.2 Å². The second-order valence-electron chi connectivity index (χ2n) is 3.80. The molecule has 5 heteroatoms. The summed E-state index contributed by atoms with van der Waals surface area (Å²) in [6.07, 6.45) is -0.485. The van der Waals surface area contributed by atoms with Crippen LogP contribution in [-0.2, 0) is 0 Å². The van der Waals surface area contributed by atoms with Crippen molar-refractivity contribution in [3.05, 3.63) is 28.0 Å². The summed E-state index contributed by atoms with van der Waals surface area (Å²) in [5.74, 6) is -1.01. The number of halogens is 2. The summed E-state index contributed by atoms with van der Waals surface area (Å²) < 4.78 is 13.8. The van der Waals surface area contributed by atoms with Gasteiger partial charge in [0.05, 0.1) is 6.10 Å². The Hall–Kier alpha value is -0.650. The Bertz CT molecular complexity index is 371. The Balaban J connectivity index is 2.86. The maximum absolute atomic E-state index is 13.2. The van der Waals surface area contributed by atoms with Crippen molar-refractivity contribution in [1.29, 1.82) is 0 Å². The number of hydrogen-bond donors (Lipinski definition) is 3. The van der Waals surface area contributed by atoms with Gasteiger partial charge in [-0.05, 0) is 26.0 Å². The number of aliphatic hydroxyl groups excluding tert-OH is 1. The predicted molar refractivity (Wildman–Crippen MR) is 63.9 cm³/mol. The topological polar surface area (TPSA) is 52.5 Å². The molecule has 90 valence electrons. The molecule has 0 fully saturated rings. The van der Waals surface area contributed by atoms with Crippen molar-refractivity contribution < 1.29 is 14.6 Å². The Kier molecular flexibility index (Phi) is 4.70. The zero-order valence-corrected chi connectivity index (χ0v) is 10.8. The largest absolute Gasteiger partial charge is 0.505 e. The normalized spacial score (nSPS) is 14.8. The van der Waals surface area contributed by atoms with E-state index in [1.165, 1.54) is 6.07 Å². The second-order valence-corrected chi connectivity index (χ2v) is 4.72. The lowest BCUT2D eigenvalue weighted by molar-refractivity contribution is 0.187. The Morgan fingerprint density at radius 2 is 2.06 bits per heavy atom. The number of rotatable bonds is 4. The fraction of sp³-hybridized carbons (Fsp3) is 0.455. The van der Waals surface area contributed by atoms with Gasteiger partial charge in [0.15, 0.2) is 11.6 Å². The molecule has 0 heterocycles. The van der Waals surface area contributed by atoms with Crippen LogP contribution in [0.15, 0.2) is 16.6 Å². The molecule has 0 aliphatic heterocycles. The SMILES string of the molecule is CC(O)CNC(C)c1cc(Br)cc(F)c1O. The molecule has 3 N–H and O–H groups in total. The van der Waals surface area contributed by atoms with E-state index in [9.17, 15) is 9.50 Å². The Labute approximate surface area is 102 Å². The van der Waals surface area contributed by atoms with Crippen molar-refractivity contribution in [2.75, 3.05) is 6.54 Å². The van der Waals surface area contributed by atoms with E-state index in [1.54, 1.807) is 19.9 Å². The van der Waals surface area contributed by atoms with Gasteiger partial charge in [0.1, 0.15) is 0 Å². The van der Waals surface area contributed by atoms with Gasteiger partial charge in [-0.1, -0.05) is 15.9 Å². The zero-order valence-electron chi connectivity index (χ0n) is 9.17. The minimum atomic E-state index is -0.657. The van der Waals surface area contributed by atoms with Crippen molar-refractivity contribution in [3.63, 3.8) is 0 Å². The summed E-state index contributed by atoms with van der Waals surface area (Å²) in [5.41, 5.74) is 0.465. The number of phenols is 1. The second kappa shape index (κ2) is 5.61. The Morgan fingerprint density at radius 3 is 2.62 bits per heavy atom. The number of aliphatic hydroxyl groups is 1. The highest BCUT2D eigenvalue weighted by Gasteiger charge is 2.15. The molecule has 2 unspecified atom stereocenters. The van der Waals surface area contributed by atoms with Gasteiger partial charge in [0.2, 0.25) is 0 Å². The maximum atomic E-state index is 13.2. The first kappa shape index (κ1) is 13.4. The molecule has 1 aromatic rings. The van der Waals surface area contributed by atoms with Crippen molar-refractivity contribution >= 4 is 15.9 Å². The van der Waals surface area contributed by atoms with Crippen LogP contribution in [0.5, 0.6) is 5.75 Å². The molecule has 0 saturated heterocycles. The van der Waals surface area contributed by atoms with Crippen LogP contribution in [0.3, 0.4) is 0 Å². The molecule has 3 nitrogen and oxygen atoms in total. The lowest BCUT2D eigenvalue weighted by Crippen LogP contribution is -2.27. The summed E-state index contributed by atoms with van der Waals surface area (Å²) in [7, 11) is 0. The number of phenolic OH excluding ortho intramolecular Hbond substituents is 1. The van der Waals surface area contributed by atoms with Crippen molar-refractivity contribution in [2.45, 2.75) is 26.0 Å². The monoisotopic (exact) mass is 291 g/mol. The third-order valence-corrected chi connectivity index (χ3v) is 2.70. The van der Waals surface area contributed by atoms with Gasteiger partial charge in [-0.25, -0.2) is 4.39 Å². The molecule has 0 saturated carbocycles. The average molecular weight is 292 g/mol. The fourth-order valence-electron chi connectivity index (χ4n) is 1.37. The molecule has 16 heavy (non-hydrogen) atoms. The highest BCUT2D eigenvalue weighted by molar-refractivity contribution is 9.10. The van der Waals surface area contributed by atoms with Crippen LogP contribution in [0.1, 0.15) is 25.5 Å². The molecule has 0 aliphatic carbocycles. The van der Waals surface area contributed by atoms with E-state index in [0.29, 0.717) is 16.6 Å². The van der Waals surface area contributed by atoms with Crippen LogP contribution in [0.2, 0.25) is 0 Å². The molecule has 0 bridgehead atoms. The van der Waals surface area contributed by atoms with Gasteiger partial charge >= 0.3 is 0 Å². The minimum absolute atomic E-state index is 0.235. The van der Waals surface area contributed by atoms with Gasteiger partial charge < -0.3 is 15.5 Å². The quantitative estimate of drug-likeness (QED) is 0.798. The number of hydrogen-bond acceptors (Lipinski definition) is 3. The van der Waals surface area contributed by atoms with Crippen LogP contribution < -0.4 is 5.32 Å². The van der Waals surface area contributed by atoms with Crippen molar-refractivity contribution in [2.24, 2.45) is 0 Å². The van der Waals surface area contributed by atoms with Gasteiger partial charge in [0.25, 0.3) is 0 Å². The third kappa shape index (κ3) is 3.43. The number of aromatic hydroxyl groups is 1. The molecular weight excluding hydrogens is 277 g/mol. The fourth-order valence-corrected chi connectivity index (χ4v) is 1.82. The van der Waals surface area contributed by atoms with Crippen molar-refractivity contribution in [3.8, 4) is 5.75 Å². The molecule has 0 aliphatic rings. The highest BCUT2D eigenvalue weighted by Crippen LogP contribution is 2.30. The summed E-state index contributed by atoms with van der Waals surface area (Å²) >= 11 is 3.17. The van der Waals surface area contributed by atoms with E-state index < -0.39 is 11.9 Å². The molecular formula is C11H15BrFNO2. The van der Waals surface area contributed by atoms with E-state index >= 15 is 0 Å². The molecule has 1 rings (SSSR count). The molecule has 0 radical (unpaired) electrons. The van der Waals surface area contributed by atoms with E-state index in [-0.39, 0.29) is 11.8 Å².